The molecule has 1 aliphatic rings. The molecular formula is C13H17N3O2. The summed E-state index contributed by atoms with van der Waals surface area (Å²) in [6, 6.07) is 5.82. The topological polar surface area (TPSA) is 98.2 Å². The normalized spacial score (nSPS) is 18.7. The van der Waals surface area contributed by atoms with Crippen molar-refractivity contribution < 1.29 is 9.59 Å². The second-order valence-electron chi connectivity index (χ2n) is 4.59. The van der Waals surface area contributed by atoms with Gasteiger partial charge in [-0.05, 0) is 30.0 Å². The van der Waals surface area contributed by atoms with E-state index in [2.05, 4.69) is 5.32 Å². The minimum absolute atomic E-state index is 0.101. The van der Waals surface area contributed by atoms with Crippen LogP contribution in [-0.2, 0) is 22.6 Å². The standard InChI is InChI=1S/C13H17N3O2/c14-7-8-1-2-9-3-4-10(6-12(15)17)13(18)16-11(9)5-8/h1-2,5,10H,3-4,6-7,14H2,(H2,15,17)(H,16,18). The average Bonchev–Trinajstić information content (AvgIpc) is 2.48. The van der Waals surface area contributed by atoms with Crippen molar-refractivity contribution in [2.45, 2.75) is 25.8 Å². The van der Waals surface area contributed by atoms with Crippen molar-refractivity contribution in [2.75, 3.05) is 5.32 Å². The van der Waals surface area contributed by atoms with Crippen LogP contribution in [0.25, 0.3) is 0 Å². The maximum Gasteiger partial charge on any atom is 0.228 e. The van der Waals surface area contributed by atoms with Crippen molar-refractivity contribution in [3.63, 3.8) is 0 Å². The Labute approximate surface area is 106 Å². The smallest absolute Gasteiger partial charge is 0.228 e. The number of carbonyl (C=O) groups excluding carboxylic acids is 2. The number of benzene rings is 1. The maximum absolute atomic E-state index is 12.0. The van der Waals surface area contributed by atoms with Gasteiger partial charge in [0.05, 0.1) is 0 Å². The summed E-state index contributed by atoms with van der Waals surface area (Å²) >= 11 is 0. The van der Waals surface area contributed by atoms with Gasteiger partial charge in [0, 0.05) is 24.6 Å². The number of hydrogen-bond acceptors (Lipinski definition) is 3. The molecule has 1 aliphatic heterocycles. The predicted octanol–water partition coefficient (Wildman–Crippen LogP) is 0.522. The highest BCUT2D eigenvalue weighted by Gasteiger charge is 2.25. The zero-order chi connectivity index (χ0) is 13.1. The van der Waals surface area contributed by atoms with E-state index in [1.807, 2.05) is 18.2 Å². The van der Waals surface area contributed by atoms with Gasteiger partial charge in [0.1, 0.15) is 0 Å². The third-order valence-corrected chi connectivity index (χ3v) is 3.25. The fraction of sp³-hybridized carbons (Fsp3) is 0.385. The maximum atomic E-state index is 12.0. The molecule has 0 saturated heterocycles. The van der Waals surface area contributed by atoms with Gasteiger partial charge in [0.25, 0.3) is 0 Å². The Hall–Kier alpha value is -1.88. The van der Waals surface area contributed by atoms with E-state index in [1.54, 1.807) is 0 Å². The van der Waals surface area contributed by atoms with Crippen molar-refractivity contribution >= 4 is 17.5 Å². The highest BCUT2D eigenvalue weighted by atomic mass is 16.2. The summed E-state index contributed by atoms with van der Waals surface area (Å²) < 4.78 is 0. The SMILES string of the molecule is NCc1ccc2c(c1)NC(=O)C(CC(N)=O)CC2. The van der Waals surface area contributed by atoms with E-state index in [0.717, 1.165) is 23.2 Å². The van der Waals surface area contributed by atoms with Crippen LogP contribution in [-0.4, -0.2) is 11.8 Å². The molecule has 1 aromatic rings. The van der Waals surface area contributed by atoms with E-state index < -0.39 is 5.91 Å². The van der Waals surface area contributed by atoms with E-state index in [0.29, 0.717) is 13.0 Å². The summed E-state index contributed by atoms with van der Waals surface area (Å²) in [4.78, 5) is 22.9. The zero-order valence-electron chi connectivity index (χ0n) is 10.1. The number of amides is 2. The van der Waals surface area contributed by atoms with Gasteiger partial charge in [0.15, 0.2) is 0 Å². The summed E-state index contributed by atoms with van der Waals surface area (Å²) in [6.07, 6.45) is 1.50. The fourth-order valence-electron chi connectivity index (χ4n) is 2.22. The summed E-state index contributed by atoms with van der Waals surface area (Å²) in [5.74, 6) is -0.915. The molecule has 2 rings (SSSR count). The summed E-state index contributed by atoms with van der Waals surface area (Å²) in [6.45, 7) is 0.438. The number of hydrogen-bond donors (Lipinski definition) is 3. The third kappa shape index (κ3) is 2.68. The lowest BCUT2D eigenvalue weighted by Gasteiger charge is -2.10. The molecule has 0 spiro atoms. The molecule has 1 aromatic carbocycles. The molecule has 96 valence electrons. The molecule has 1 unspecified atom stereocenters. The van der Waals surface area contributed by atoms with E-state index in [-0.39, 0.29) is 18.2 Å². The molecule has 1 heterocycles. The minimum atomic E-state index is -0.441. The second-order valence-corrected chi connectivity index (χ2v) is 4.59. The summed E-state index contributed by atoms with van der Waals surface area (Å²) in [7, 11) is 0. The number of fused-ring (bicyclic) bond motifs is 1. The average molecular weight is 247 g/mol. The number of carbonyl (C=O) groups is 2. The molecule has 2 amide bonds. The fourth-order valence-corrected chi connectivity index (χ4v) is 2.22. The number of primary amides is 1. The van der Waals surface area contributed by atoms with Gasteiger partial charge < -0.3 is 16.8 Å². The van der Waals surface area contributed by atoms with E-state index in [9.17, 15) is 9.59 Å². The van der Waals surface area contributed by atoms with E-state index in [4.69, 9.17) is 11.5 Å². The summed E-state index contributed by atoms with van der Waals surface area (Å²) in [5, 5.41) is 2.85. The van der Waals surface area contributed by atoms with Crippen molar-refractivity contribution in [1.82, 2.24) is 0 Å². The summed E-state index contributed by atoms with van der Waals surface area (Å²) in [5.41, 5.74) is 13.6. The van der Waals surface area contributed by atoms with Crippen molar-refractivity contribution in [2.24, 2.45) is 17.4 Å². The van der Waals surface area contributed by atoms with Crippen LogP contribution in [0.1, 0.15) is 24.0 Å². The lowest BCUT2D eigenvalue weighted by atomic mass is 9.97. The van der Waals surface area contributed by atoms with Crippen LogP contribution in [0.2, 0.25) is 0 Å². The molecule has 0 aromatic heterocycles. The van der Waals surface area contributed by atoms with E-state index in [1.165, 1.54) is 0 Å². The first-order valence-corrected chi connectivity index (χ1v) is 6.01. The Bertz CT molecular complexity index is 485. The molecule has 0 fully saturated rings. The number of nitrogens with one attached hydrogen (secondary N) is 1. The Morgan fingerprint density at radius 2 is 2.22 bits per heavy atom. The quantitative estimate of drug-likeness (QED) is 0.726. The highest BCUT2D eigenvalue weighted by Crippen LogP contribution is 2.26. The first kappa shape index (κ1) is 12.6. The largest absolute Gasteiger partial charge is 0.370 e. The van der Waals surface area contributed by atoms with Crippen LogP contribution in [0.5, 0.6) is 0 Å². The molecule has 5 nitrogen and oxygen atoms in total. The molecule has 0 aliphatic carbocycles. The van der Waals surface area contributed by atoms with Gasteiger partial charge in [-0.25, -0.2) is 0 Å². The first-order chi connectivity index (χ1) is 8.60. The molecule has 18 heavy (non-hydrogen) atoms. The predicted molar refractivity (Wildman–Crippen MR) is 68.6 cm³/mol. The number of rotatable bonds is 3. The lowest BCUT2D eigenvalue weighted by Crippen LogP contribution is -2.26. The van der Waals surface area contributed by atoms with Crippen molar-refractivity contribution in [1.29, 1.82) is 0 Å². The second kappa shape index (κ2) is 5.18. The molecule has 0 saturated carbocycles. The van der Waals surface area contributed by atoms with Gasteiger partial charge >= 0.3 is 0 Å². The molecule has 5 N–H and O–H groups in total. The first-order valence-electron chi connectivity index (χ1n) is 6.01. The molecule has 1 atom stereocenters. The number of anilines is 1. The van der Waals surface area contributed by atoms with Crippen molar-refractivity contribution in [3.8, 4) is 0 Å². The Balaban J connectivity index is 2.22. The monoisotopic (exact) mass is 247 g/mol. The molecule has 5 heteroatoms. The van der Waals surface area contributed by atoms with Gasteiger partial charge in [-0.3, -0.25) is 9.59 Å². The van der Waals surface area contributed by atoms with Gasteiger partial charge in [-0.2, -0.15) is 0 Å². The minimum Gasteiger partial charge on any atom is -0.370 e. The number of aryl methyl sites for hydroxylation is 1. The van der Waals surface area contributed by atoms with Crippen LogP contribution >= 0.6 is 0 Å². The van der Waals surface area contributed by atoms with Crippen LogP contribution in [0.4, 0.5) is 5.69 Å². The Kier molecular flexibility index (Phi) is 3.62. The van der Waals surface area contributed by atoms with Gasteiger partial charge in [0.2, 0.25) is 11.8 Å². The zero-order valence-corrected chi connectivity index (χ0v) is 10.1. The highest BCUT2D eigenvalue weighted by molar-refractivity contribution is 5.96. The van der Waals surface area contributed by atoms with Crippen LogP contribution < -0.4 is 16.8 Å². The van der Waals surface area contributed by atoms with Crippen LogP contribution in [0.15, 0.2) is 18.2 Å². The molecular weight excluding hydrogens is 230 g/mol. The van der Waals surface area contributed by atoms with Gasteiger partial charge in [-0.1, -0.05) is 12.1 Å². The van der Waals surface area contributed by atoms with Crippen LogP contribution in [0.3, 0.4) is 0 Å². The van der Waals surface area contributed by atoms with Crippen molar-refractivity contribution in [3.05, 3.63) is 29.3 Å². The lowest BCUT2D eigenvalue weighted by molar-refractivity contribution is -0.125. The van der Waals surface area contributed by atoms with Gasteiger partial charge in [-0.15, -0.1) is 0 Å². The number of nitrogens with two attached hydrogens (primary N) is 2. The van der Waals surface area contributed by atoms with E-state index >= 15 is 0 Å². The molecule has 0 bridgehead atoms. The Morgan fingerprint density at radius 3 is 2.89 bits per heavy atom. The Morgan fingerprint density at radius 1 is 1.44 bits per heavy atom. The molecule has 0 radical (unpaired) electrons. The van der Waals surface area contributed by atoms with Crippen LogP contribution in [0, 0.1) is 5.92 Å². The third-order valence-electron chi connectivity index (χ3n) is 3.25.